The fourth-order valence-electron chi connectivity index (χ4n) is 6.42. The van der Waals surface area contributed by atoms with Crippen LogP contribution < -0.4 is 16.2 Å². The van der Waals surface area contributed by atoms with Crippen molar-refractivity contribution in [1.29, 1.82) is 5.26 Å². The minimum absolute atomic E-state index is 0.120. The van der Waals surface area contributed by atoms with Crippen molar-refractivity contribution in [3.05, 3.63) is 83.1 Å². The molecule has 2 aromatic heterocycles. The maximum Gasteiger partial charge on any atom is 0.335 e. The number of ether oxygens (including phenoxy) is 1. The first-order valence-corrected chi connectivity index (χ1v) is 15.6. The number of rotatable bonds is 8. The lowest BCUT2D eigenvalue weighted by molar-refractivity contribution is -0.127. The van der Waals surface area contributed by atoms with E-state index < -0.39 is 5.54 Å². The predicted molar refractivity (Wildman–Crippen MR) is 176 cm³/mol. The maximum atomic E-state index is 14.1. The number of likely N-dealkylation sites (tertiary alicyclic amines) is 1. The summed E-state index contributed by atoms with van der Waals surface area (Å²) in [7, 11) is 2.10. The van der Waals surface area contributed by atoms with Gasteiger partial charge in [-0.05, 0) is 76.2 Å². The van der Waals surface area contributed by atoms with E-state index in [1.165, 1.54) is 10.9 Å². The fourth-order valence-corrected chi connectivity index (χ4v) is 6.42. The van der Waals surface area contributed by atoms with Crippen LogP contribution in [0.25, 0.3) is 16.9 Å². The first-order valence-electron chi connectivity index (χ1n) is 15.6. The number of nitrogens with two attached hydrogens (primary N) is 1. The van der Waals surface area contributed by atoms with Gasteiger partial charge in [-0.25, -0.2) is 14.8 Å². The number of anilines is 1. The molecule has 2 N–H and O–H groups in total. The largest absolute Gasteiger partial charge is 0.457 e. The summed E-state index contributed by atoms with van der Waals surface area (Å²) in [5.41, 5.74) is 6.99. The minimum atomic E-state index is -0.461. The van der Waals surface area contributed by atoms with Crippen LogP contribution in [0.4, 0.5) is 5.82 Å². The number of hydrogen-bond donors (Lipinski definition) is 1. The molecule has 0 unspecified atom stereocenters. The summed E-state index contributed by atoms with van der Waals surface area (Å²) in [6.45, 7) is 8.39. The zero-order chi connectivity index (χ0) is 32.4. The van der Waals surface area contributed by atoms with Crippen LogP contribution in [0.3, 0.4) is 0 Å². The Morgan fingerprint density at radius 2 is 1.74 bits per heavy atom. The van der Waals surface area contributed by atoms with Crippen molar-refractivity contribution in [2.24, 2.45) is 0 Å². The average molecular weight is 622 g/mol. The van der Waals surface area contributed by atoms with Crippen molar-refractivity contribution < 1.29 is 9.53 Å². The number of aromatic nitrogens is 4. The van der Waals surface area contributed by atoms with Crippen LogP contribution in [0.2, 0.25) is 0 Å². The van der Waals surface area contributed by atoms with Crippen LogP contribution in [-0.2, 0) is 11.3 Å². The number of nitrogens with zero attached hydrogens (tertiary/aromatic N) is 8. The number of carbonyl (C=O) groups excluding carboxylic acids is 1. The molecule has 0 bridgehead atoms. The van der Waals surface area contributed by atoms with Crippen LogP contribution >= 0.6 is 0 Å². The number of amides is 1. The zero-order valence-electron chi connectivity index (χ0n) is 26.5. The van der Waals surface area contributed by atoms with E-state index in [0.717, 1.165) is 32.6 Å². The van der Waals surface area contributed by atoms with E-state index in [-0.39, 0.29) is 35.6 Å². The highest BCUT2D eigenvalue weighted by atomic mass is 16.5. The predicted octanol–water partition coefficient (Wildman–Crippen LogP) is 3.42. The van der Waals surface area contributed by atoms with Gasteiger partial charge in [-0.1, -0.05) is 18.2 Å². The SMILES string of the molecule is CN1CCN(C(C)(C)/C=C(/C#N)C(=O)N2CCC[C@H]2Cn2c(=O)n(-c3ccc(Oc4ccccc4)cc3)c3c(N)ncnc32)CC1. The standard InChI is InChI=1S/C34H39N9O3/c1-34(2,40-18-16-39(3)17-19-40)20-24(21-35)32(44)41-15-7-8-26(41)22-42-31-29(30(36)37-23-38-31)43(33(42)45)25-11-13-28(14-12-25)46-27-9-5-4-6-10-27/h4-6,9-14,20,23,26H,7-8,15-19,22H2,1-3H3,(H2,36,37,38)/b24-20-/t26-/m0/s1. The third-order valence-electron chi connectivity index (χ3n) is 9.00. The van der Waals surface area contributed by atoms with Crippen molar-refractivity contribution in [1.82, 2.24) is 33.8 Å². The van der Waals surface area contributed by atoms with Crippen LogP contribution in [-0.4, -0.2) is 91.1 Å². The van der Waals surface area contributed by atoms with Crippen molar-refractivity contribution in [3.63, 3.8) is 0 Å². The molecule has 46 heavy (non-hydrogen) atoms. The number of nitriles is 1. The number of nitrogen functional groups attached to an aromatic ring is 1. The Morgan fingerprint density at radius 1 is 1.04 bits per heavy atom. The molecular weight excluding hydrogens is 582 g/mol. The molecular formula is C34H39N9O3. The number of hydrogen-bond acceptors (Lipinski definition) is 9. The Morgan fingerprint density at radius 3 is 2.43 bits per heavy atom. The van der Waals surface area contributed by atoms with E-state index in [1.54, 1.807) is 39.8 Å². The zero-order valence-corrected chi connectivity index (χ0v) is 26.5. The lowest BCUT2D eigenvalue weighted by Crippen LogP contribution is -2.53. The van der Waals surface area contributed by atoms with Crippen LogP contribution in [0, 0.1) is 11.3 Å². The van der Waals surface area contributed by atoms with Gasteiger partial charge in [0.2, 0.25) is 0 Å². The highest BCUT2D eigenvalue weighted by molar-refractivity contribution is 5.97. The van der Waals surface area contributed by atoms with E-state index in [2.05, 4.69) is 32.9 Å². The Hall–Kier alpha value is -4.99. The van der Waals surface area contributed by atoms with E-state index in [4.69, 9.17) is 10.5 Å². The summed E-state index contributed by atoms with van der Waals surface area (Å²) in [6.07, 6.45) is 4.60. The second kappa shape index (κ2) is 12.8. The van der Waals surface area contributed by atoms with Gasteiger partial charge >= 0.3 is 5.69 Å². The molecule has 12 nitrogen and oxygen atoms in total. The average Bonchev–Trinajstić information content (AvgIpc) is 3.63. The Labute approximate surface area is 267 Å². The van der Waals surface area contributed by atoms with E-state index >= 15 is 0 Å². The molecule has 1 amide bonds. The molecule has 2 aliphatic rings. The molecule has 2 saturated heterocycles. The second-order valence-electron chi connectivity index (χ2n) is 12.5. The summed E-state index contributed by atoms with van der Waals surface area (Å²) in [5, 5.41) is 10.1. The molecule has 4 heterocycles. The number of fused-ring (bicyclic) bond motifs is 1. The Kier molecular flexibility index (Phi) is 8.62. The second-order valence-corrected chi connectivity index (χ2v) is 12.5. The quantitative estimate of drug-likeness (QED) is 0.232. The van der Waals surface area contributed by atoms with Crippen molar-refractivity contribution in [2.45, 2.75) is 44.8 Å². The molecule has 12 heteroatoms. The molecule has 0 aliphatic carbocycles. The summed E-state index contributed by atoms with van der Waals surface area (Å²) < 4.78 is 8.98. The Bertz CT molecular complexity index is 1850. The van der Waals surface area contributed by atoms with Gasteiger partial charge in [-0.15, -0.1) is 0 Å². The summed E-state index contributed by atoms with van der Waals surface area (Å²) in [6, 6.07) is 18.5. The number of likely N-dealkylation sites (N-methyl/N-ethyl adjacent to an activating group) is 1. The number of benzene rings is 2. The van der Waals surface area contributed by atoms with Crippen molar-refractivity contribution in [2.75, 3.05) is 45.5 Å². The highest BCUT2D eigenvalue weighted by Crippen LogP contribution is 2.28. The summed E-state index contributed by atoms with van der Waals surface area (Å²) >= 11 is 0. The number of para-hydroxylation sites is 1. The fraction of sp³-hybridized carbons (Fsp3) is 0.382. The van der Waals surface area contributed by atoms with Gasteiger partial charge in [0.25, 0.3) is 5.91 Å². The van der Waals surface area contributed by atoms with Gasteiger partial charge < -0.3 is 20.3 Å². The lowest BCUT2D eigenvalue weighted by Gasteiger charge is -2.42. The molecule has 0 saturated carbocycles. The van der Waals surface area contributed by atoms with Crippen molar-refractivity contribution >= 4 is 22.9 Å². The number of imidazole rings is 1. The first kappa shape index (κ1) is 31.0. The van der Waals surface area contributed by atoms with Gasteiger partial charge in [0, 0.05) is 44.8 Å². The topological polar surface area (TPSA) is 139 Å². The molecule has 0 radical (unpaired) electrons. The highest BCUT2D eigenvalue weighted by Gasteiger charge is 2.35. The van der Waals surface area contributed by atoms with Crippen LogP contribution in [0.1, 0.15) is 26.7 Å². The number of piperazine rings is 1. The van der Waals surface area contributed by atoms with Crippen LogP contribution in [0.15, 0.2) is 77.4 Å². The molecule has 6 rings (SSSR count). The molecule has 2 aromatic carbocycles. The molecule has 0 spiro atoms. The van der Waals surface area contributed by atoms with E-state index in [1.807, 2.05) is 44.2 Å². The van der Waals surface area contributed by atoms with E-state index in [0.29, 0.717) is 41.3 Å². The molecule has 2 fully saturated rings. The number of carbonyl (C=O) groups is 1. The van der Waals surface area contributed by atoms with E-state index in [9.17, 15) is 14.9 Å². The van der Waals surface area contributed by atoms with Gasteiger partial charge in [0.15, 0.2) is 11.5 Å². The van der Waals surface area contributed by atoms with Gasteiger partial charge in [-0.2, -0.15) is 5.26 Å². The summed E-state index contributed by atoms with van der Waals surface area (Å²) in [5.74, 6) is 1.18. The lowest BCUT2D eigenvalue weighted by atomic mass is 9.97. The first-order chi connectivity index (χ1) is 22.2. The van der Waals surface area contributed by atoms with Gasteiger partial charge in [-0.3, -0.25) is 18.8 Å². The summed E-state index contributed by atoms with van der Waals surface area (Å²) in [4.78, 5) is 42.8. The Balaban J connectivity index is 1.28. The monoisotopic (exact) mass is 621 g/mol. The normalized spacial score (nSPS) is 18.2. The van der Waals surface area contributed by atoms with Gasteiger partial charge in [0.1, 0.15) is 35.0 Å². The van der Waals surface area contributed by atoms with Gasteiger partial charge in [0.05, 0.1) is 11.7 Å². The smallest absolute Gasteiger partial charge is 0.335 e. The van der Waals surface area contributed by atoms with Crippen LogP contribution in [0.5, 0.6) is 11.5 Å². The maximum absolute atomic E-state index is 14.1. The molecule has 4 aromatic rings. The third-order valence-corrected chi connectivity index (χ3v) is 9.00. The molecule has 2 aliphatic heterocycles. The third kappa shape index (κ3) is 6.11. The molecule has 1 atom stereocenters. The van der Waals surface area contributed by atoms with Crippen molar-refractivity contribution in [3.8, 4) is 23.3 Å². The minimum Gasteiger partial charge on any atom is -0.457 e. The molecule has 238 valence electrons.